The number of nitrogens with zero attached hydrogens (tertiary/aromatic N) is 1. The lowest BCUT2D eigenvalue weighted by Gasteiger charge is -2.26. The van der Waals surface area contributed by atoms with Gasteiger partial charge in [0.2, 0.25) is 0 Å². The van der Waals surface area contributed by atoms with E-state index in [1.54, 1.807) is 0 Å². The highest BCUT2D eigenvalue weighted by molar-refractivity contribution is 5.19. The third-order valence-corrected chi connectivity index (χ3v) is 3.74. The number of piperidine rings is 1. The lowest BCUT2D eigenvalue weighted by atomic mass is 10.1. The molecule has 104 valence electrons. The summed E-state index contributed by atoms with van der Waals surface area (Å²) in [7, 11) is 0. The molecule has 0 aliphatic carbocycles. The van der Waals surface area contributed by atoms with Crippen LogP contribution in [0.5, 0.6) is 0 Å². The van der Waals surface area contributed by atoms with E-state index in [9.17, 15) is 0 Å². The zero-order chi connectivity index (χ0) is 13.3. The van der Waals surface area contributed by atoms with Gasteiger partial charge in [0.05, 0.1) is 0 Å². The first-order valence-electron chi connectivity index (χ1n) is 7.52. The van der Waals surface area contributed by atoms with Gasteiger partial charge in [0.25, 0.3) is 0 Å². The predicted molar refractivity (Wildman–Crippen MR) is 82.2 cm³/mol. The first kappa shape index (κ1) is 14.1. The van der Waals surface area contributed by atoms with E-state index in [4.69, 9.17) is 0 Å². The van der Waals surface area contributed by atoms with Crippen LogP contribution in [0.2, 0.25) is 0 Å². The lowest BCUT2D eigenvalue weighted by molar-refractivity contribution is 0.226. The maximum absolute atomic E-state index is 4.11. The van der Waals surface area contributed by atoms with Crippen LogP contribution in [0.3, 0.4) is 0 Å². The maximum atomic E-state index is 4.11. The Bertz CT molecular complexity index is 366. The Morgan fingerprint density at radius 2 is 1.84 bits per heavy atom. The number of allylic oxidation sites excluding steroid dienone is 1. The van der Waals surface area contributed by atoms with Crippen LogP contribution in [-0.2, 0) is 6.42 Å². The molecule has 1 aliphatic rings. The van der Waals surface area contributed by atoms with Crippen molar-refractivity contribution in [2.45, 2.75) is 32.1 Å². The van der Waals surface area contributed by atoms with Crippen molar-refractivity contribution in [3.05, 3.63) is 48.2 Å². The Labute approximate surface area is 117 Å². The Morgan fingerprint density at radius 1 is 1.11 bits per heavy atom. The summed E-state index contributed by atoms with van der Waals surface area (Å²) in [6.45, 7) is 8.97. The van der Waals surface area contributed by atoms with Crippen molar-refractivity contribution in [2.75, 3.05) is 26.2 Å². The monoisotopic (exact) mass is 258 g/mol. The molecule has 1 heterocycles. The molecule has 1 fully saturated rings. The van der Waals surface area contributed by atoms with Gasteiger partial charge in [-0.2, -0.15) is 0 Å². The molecule has 0 unspecified atom stereocenters. The van der Waals surface area contributed by atoms with Crippen molar-refractivity contribution < 1.29 is 0 Å². The topological polar surface area (TPSA) is 15.3 Å². The summed E-state index contributed by atoms with van der Waals surface area (Å²) in [6.07, 6.45) is 6.34. The Morgan fingerprint density at radius 3 is 2.58 bits per heavy atom. The number of hydrogen-bond donors (Lipinski definition) is 1. The molecule has 2 rings (SSSR count). The van der Waals surface area contributed by atoms with Crippen molar-refractivity contribution in [1.29, 1.82) is 0 Å². The van der Waals surface area contributed by atoms with Gasteiger partial charge in [0.1, 0.15) is 0 Å². The molecule has 0 spiro atoms. The smallest absolute Gasteiger partial charge is 0.0156 e. The van der Waals surface area contributed by atoms with Gasteiger partial charge in [-0.05, 0) is 44.5 Å². The van der Waals surface area contributed by atoms with Crippen molar-refractivity contribution in [3.63, 3.8) is 0 Å². The molecule has 1 aromatic carbocycles. The highest BCUT2D eigenvalue weighted by Crippen LogP contribution is 2.08. The van der Waals surface area contributed by atoms with Gasteiger partial charge in [-0.25, -0.2) is 0 Å². The van der Waals surface area contributed by atoms with Crippen LogP contribution in [0, 0.1) is 0 Å². The second-order valence-corrected chi connectivity index (χ2v) is 5.45. The summed E-state index contributed by atoms with van der Waals surface area (Å²) < 4.78 is 0. The quantitative estimate of drug-likeness (QED) is 0.756. The molecule has 2 heteroatoms. The van der Waals surface area contributed by atoms with Crippen LogP contribution in [-0.4, -0.2) is 31.1 Å². The number of benzene rings is 1. The highest BCUT2D eigenvalue weighted by atomic mass is 15.1. The molecule has 1 aliphatic heterocycles. The minimum Gasteiger partial charge on any atom is -0.388 e. The van der Waals surface area contributed by atoms with Gasteiger partial charge in [-0.3, -0.25) is 0 Å². The summed E-state index contributed by atoms with van der Waals surface area (Å²) in [6, 6.07) is 10.5. The molecule has 0 atom stereocenters. The number of rotatable bonds is 7. The van der Waals surface area contributed by atoms with Crippen molar-refractivity contribution in [1.82, 2.24) is 10.2 Å². The van der Waals surface area contributed by atoms with E-state index < -0.39 is 0 Å². The molecular weight excluding hydrogens is 232 g/mol. The number of likely N-dealkylation sites (tertiary alicyclic amines) is 1. The molecule has 1 aromatic rings. The fourth-order valence-electron chi connectivity index (χ4n) is 2.66. The fraction of sp³-hybridized carbons (Fsp3) is 0.529. The zero-order valence-corrected chi connectivity index (χ0v) is 11.9. The molecular formula is C17H26N2. The van der Waals surface area contributed by atoms with Crippen LogP contribution in [0.15, 0.2) is 42.6 Å². The van der Waals surface area contributed by atoms with Gasteiger partial charge in [-0.1, -0.05) is 43.3 Å². The summed E-state index contributed by atoms with van der Waals surface area (Å²) in [4.78, 5) is 2.59. The highest BCUT2D eigenvalue weighted by Gasteiger charge is 2.08. The normalized spacial score (nSPS) is 16.2. The average Bonchev–Trinajstić information content (AvgIpc) is 2.46. The molecule has 19 heavy (non-hydrogen) atoms. The zero-order valence-electron chi connectivity index (χ0n) is 11.9. The van der Waals surface area contributed by atoms with Crippen LogP contribution in [0.1, 0.15) is 31.2 Å². The van der Waals surface area contributed by atoms with E-state index >= 15 is 0 Å². The fourth-order valence-corrected chi connectivity index (χ4v) is 2.66. The molecule has 0 radical (unpaired) electrons. The summed E-state index contributed by atoms with van der Waals surface area (Å²) in [5.41, 5.74) is 2.46. The van der Waals surface area contributed by atoms with E-state index in [2.05, 4.69) is 47.1 Å². The van der Waals surface area contributed by atoms with Crippen molar-refractivity contribution in [3.8, 4) is 0 Å². The Hall–Kier alpha value is -1.28. The van der Waals surface area contributed by atoms with Crippen molar-refractivity contribution >= 4 is 0 Å². The maximum Gasteiger partial charge on any atom is 0.0156 e. The van der Waals surface area contributed by atoms with Crippen LogP contribution in [0.4, 0.5) is 0 Å². The Balaban J connectivity index is 1.56. The summed E-state index contributed by atoms with van der Waals surface area (Å²) in [5, 5.41) is 3.45. The van der Waals surface area contributed by atoms with Gasteiger partial charge >= 0.3 is 0 Å². The van der Waals surface area contributed by atoms with Crippen LogP contribution < -0.4 is 5.32 Å². The first-order valence-corrected chi connectivity index (χ1v) is 7.52. The second-order valence-electron chi connectivity index (χ2n) is 5.45. The van der Waals surface area contributed by atoms with Gasteiger partial charge in [-0.15, -0.1) is 0 Å². The lowest BCUT2D eigenvalue weighted by Crippen LogP contribution is -2.32. The minimum atomic E-state index is 0.935. The third kappa shape index (κ3) is 5.48. The standard InChI is InChI=1S/C17H26N2/c1-16(15-17-9-4-2-5-10-17)18-11-8-14-19-12-6-3-7-13-19/h2,4-5,9-10,18H,1,3,6-8,11-15H2. The Kier molecular flexibility index (Phi) is 5.96. The SMILES string of the molecule is C=C(Cc1ccccc1)NCCCN1CCCCC1. The summed E-state index contributed by atoms with van der Waals surface area (Å²) in [5.74, 6) is 0. The van der Waals surface area contributed by atoms with Crippen LogP contribution in [0.25, 0.3) is 0 Å². The van der Waals surface area contributed by atoms with Gasteiger partial charge < -0.3 is 10.2 Å². The predicted octanol–water partition coefficient (Wildman–Crippen LogP) is 3.21. The first-order chi connectivity index (χ1) is 9.34. The molecule has 0 bridgehead atoms. The van der Waals surface area contributed by atoms with E-state index in [1.807, 2.05) is 0 Å². The van der Waals surface area contributed by atoms with Gasteiger partial charge in [0.15, 0.2) is 0 Å². The number of nitrogens with one attached hydrogen (secondary N) is 1. The summed E-state index contributed by atoms with van der Waals surface area (Å²) >= 11 is 0. The largest absolute Gasteiger partial charge is 0.388 e. The second kappa shape index (κ2) is 8.00. The van der Waals surface area contributed by atoms with Crippen molar-refractivity contribution in [2.24, 2.45) is 0 Å². The average molecular weight is 258 g/mol. The molecule has 0 saturated carbocycles. The van der Waals surface area contributed by atoms with Crippen LogP contribution >= 0.6 is 0 Å². The van der Waals surface area contributed by atoms with E-state index in [1.165, 1.54) is 50.9 Å². The van der Waals surface area contributed by atoms with E-state index in [0.29, 0.717) is 0 Å². The molecule has 0 amide bonds. The molecule has 1 saturated heterocycles. The number of hydrogen-bond acceptors (Lipinski definition) is 2. The molecule has 1 N–H and O–H groups in total. The minimum absolute atomic E-state index is 0.935. The molecule has 0 aromatic heterocycles. The van der Waals surface area contributed by atoms with Gasteiger partial charge in [0, 0.05) is 18.7 Å². The third-order valence-electron chi connectivity index (χ3n) is 3.74. The van der Waals surface area contributed by atoms with E-state index in [0.717, 1.165) is 18.7 Å². The van der Waals surface area contributed by atoms with E-state index in [-0.39, 0.29) is 0 Å². The molecule has 2 nitrogen and oxygen atoms in total.